The molecule has 30 heavy (non-hydrogen) atoms. The van der Waals surface area contributed by atoms with Crippen LogP contribution >= 0.6 is 0 Å². The molecule has 10 nitrogen and oxygen atoms in total. The highest BCUT2D eigenvalue weighted by atomic mass is 32.2. The number of nitrogens with zero attached hydrogens (tertiary/aromatic N) is 3. The second kappa shape index (κ2) is 8.60. The molecule has 0 bridgehead atoms. The molecule has 11 heteroatoms. The quantitative estimate of drug-likeness (QED) is 0.717. The molecule has 0 aromatic carbocycles. The van der Waals surface area contributed by atoms with Crippen molar-refractivity contribution in [2.75, 3.05) is 26.2 Å². The molecule has 0 radical (unpaired) electrons. The number of aryl methyl sites for hydroxylation is 2. The van der Waals surface area contributed by atoms with Crippen LogP contribution in [0.3, 0.4) is 0 Å². The van der Waals surface area contributed by atoms with Crippen molar-refractivity contribution in [2.45, 2.75) is 38.6 Å². The van der Waals surface area contributed by atoms with Crippen molar-refractivity contribution in [3.63, 3.8) is 0 Å². The topological polar surface area (TPSA) is 126 Å². The molecule has 3 rings (SSSR count). The standard InChI is InChI=1S/C19H26N4O6S/c1-12(2)16(20-18(24)15-6-5-11-28-15)19(25)22-7-9-23(10-8-22)30(26,27)17-13(3)21-29-14(17)4/h5-6,11-12,16H,7-10H2,1-4H3,(H,20,24)/t16-/m0/s1. The molecule has 1 atom stereocenters. The molecule has 164 valence electrons. The molecule has 2 aromatic heterocycles. The lowest BCUT2D eigenvalue weighted by Crippen LogP contribution is -2.57. The van der Waals surface area contributed by atoms with Gasteiger partial charge in [0.05, 0.1) is 6.26 Å². The van der Waals surface area contributed by atoms with Gasteiger partial charge in [-0.2, -0.15) is 4.31 Å². The highest BCUT2D eigenvalue weighted by Crippen LogP contribution is 2.24. The summed E-state index contributed by atoms with van der Waals surface area (Å²) < 4.78 is 37.3. The van der Waals surface area contributed by atoms with Gasteiger partial charge in [0.25, 0.3) is 5.91 Å². The van der Waals surface area contributed by atoms with E-state index in [1.165, 1.54) is 16.6 Å². The largest absolute Gasteiger partial charge is 0.459 e. The second-order valence-corrected chi connectivity index (χ2v) is 9.43. The molecular formula is C19H26N4O6S. The Kier molecular flexibility index (Phi) is 6.32. The van der Waals surface area contributed by atoms with E-state index in [-0.39, 0.29) is 54.4 Å². The molecule has 2 aromatic rings. The summed E-state index contributed by atoms with van der Waals surface area (Å²) in [7, 11) is -3.76. The van der Waals surface area contributed by atoms with Crippen LogP contribution < -0.4 is 5.32 Å². The first-order valence-corrected chi connectivity index (χ1v) is 11.1. The van der Waals surface area contributed by atoms with Gasteiger partial charge in [-0.25, -0.2) is 8.42 Å². The van der Waals surface area contributed by atoms with E-state index in [0.717, 1.165) is 0 Å². The highest BCUT2D eigenvalue weighted by molar-refractivity contribution is 7.89. The fourth-order valence-corrected chi connectivity index (χ4v) is 5.16. The minimum Gasteiger partial charge on any atom is -0.459 e. The van der Waals surface area contributed by atoms with Gasteiger partial charge in [0.2, 0.25) is 15.9 Å². The first kappa shape index (κ1) is 22.0. The normalized spacial score (nSPS) is 16.6. The Morgan fingerprint density at radius 2 is 1.83 bits per heavy atom. The number of carbonyl (C=O) groups excluding carboxylic acids is 2. The minimum absolute atomic E-state index is 0.0769. The summed E-state index contributed by atoms with van der Waals surface area (Å²) in [6.07, 6.45) is 1.39. The second-order valence-electron chi connectivity index (χ2n) is 7.56. The predicted octanol–water partition coefficient (Wildman–Crippen LogP) is 1.17. The van der Waals surface area contributed by atoms with Gasteiger partial charge in [0.15, 0.2) is 11.5 Å². The maximum atomic E-state index is 13.0. The van der Waals surface area contributed by atoms with Gasteiger partial charge in [-0.15, -0.1) is 0 Å². The van der Waals surface area contributed by atoms with E-state index in [1.54, 1.807) is 24.8 Å². The number of carbonyl (C=O) groups is 2. The van der Waals surface area contributed by atoms with Gasteiger partial charge in [0, 0.05) is 26.2 Å². The Morgan fingerprint density at radius 1 is 1.17 bits per heavy atom. The Bertz CT molecular complexity index is 984. The average Bonchev–Trinajstić information content (AvgIpc) is 3.35. The van der Waals surface area contributed by atoms with E-state index in [2.05, 4.69) is 10.5 Å². The van der Waals surface area contributed by atoms with Crippen LogP contribution in [0, 0.1) is 19.8 Å². The van der Waals surface area contributed by atoms with Crippen molar-refractivity contribution >= 4 is 21.8 Å². The van der Waals surface area contributed by atoms with Crippen molar-refractivity contribution < 1.29 is 26.9 Å². The van der Waals surface area contributed by atoms with Crippen molar-refractivity contribution in [3.8, 4) is 0 Å². The van der Waals surface area contributed by atoms with Gasteiger partial charge in [-0.05, 0) is 31.9 Å². The van der Waals surface area contributed by atoms with Gasteiger partial charge in [-0.3, -0.25) is 9.59 Å². The summed E-state index contributed by atoms with van der Waals surface area (Å²) in [5.74, 6) is -0.498. The number of nitrogens with one attached hydrogen (secondary N) is 1. The van der Waals surface area contributed by atoms with Crippen LogP contribution in [-0.2, 0) is 14.8 Å². The monoisotopic (exact) mass is 438 g/mol. The summed E-state index contributed by atoms with van der Waals surface area (Å²) in [6.45, 7) is 7.55. The van der Waals surface area contributed by atoms with Crippen LogP contribution in [0.4, 0.5) is 0 Å². The Labute approximate surface area is 175 Å². The number of hydrogen-bond acceptors (Lipinski definition) is 7. The fourth-order valence-electron chi connectivity index (χ4n) is 3.45. The minimum atomic E-state index is -3.76. The first-order chi connectivity index (χ1) is 14.1. The van der Waals surface area contributed by atoms with Crippen molar-refractivity contribution in [3.05, 3.63) is 35.6 Å². The molecule has 0 saturated carbocycles. The van der Waals surface area contributed by atoms with Crippen LogP contribution in [0.1, 0.15) is 35.9 Å². The van der Waals surface area contributed by atoms with Gasteiger partial charge >= 0.3 is 0 Å². The van der Waals surface area contributed by atoms with E-state index >= 15 is 0 Å². The van der Waals surface area contributed by atoms with E-state index in [4.69, 9.17) is 8.94 Å². The van der Waals surface area contributed by atoms with Crippen LogP contribution in [-0.4, -0.2) is 66.8 Å². The molecule has 1 N–H and O–H groups in total. The number of rotatable bonds is 6. The number of hydrogen-bond donors (Lipinski definition) is 1. The van der Waals surface area contributed by atoms with Crippen molar-refractivity contribution in [1.82, 2.24) is 19.7 Å². The van der Waals surface area contributed by atoms with E-state index in [0.29, 0.717) is 5.69 Å². The number of aromatic nitrogens is 1. The maximum absolute atomic E-state index is 13.0. The van der Waals surface area contributed by atoms with E-state index in [1.807, 2.05) is 13.8 Å². The number of piperazine rings is 1. The summed E-state index contributed by atoms with van der Waals surface area (Å²) in [5.41, 5.74) is 0.312. The molecule has 1 aliphatic heterocycles. The lowest BCUT2D eigenvalue weighted by Gasteiger charge is -2.36. The third-order valence-corrected chi connectivity index (χ3v) is 7.22. The van der Waals surface area contributed by atoms with Crippen LogP contribution in [0.5, 0.6) is 0 Å². The van der Waals surface area contributed by atoms with Gasteiger partial charge in [0.1, 0.15) is 16.6 Å². The third-order valence-electron chi connectivity index (χ3n) is 5.08. The highest BCUT2D eigenvalue weighted by Gasteiger charge is 2.36. The smallest absolute Gasteiger partial charge is 0.287 e. The molecule has 1 aliphatic rings. The van der Waals surface area contributed by atoms with Crippen molar-refractivity contribution in [1.29, 1.82) is 0 Å². The molecule has 0 aliphatic carbocycles. The lowest BCUT2D eigenvalue weighted by molar-refractivity contribution is -0.135. The molecule has 3 heterocycles. The summed E-state index contributed by atoms with van der Waals surface area (Å²) in [6, 6.07) is 2.38. The fraction of sp³-hybridized carbons (Fsp3) is 0.526. The zero-order valence-electron chi connectivity index (χ0n) is 17.4. The van der Waals surface area contributed by atoms with Crippen molar-refractivity contribution in [2.24, 2.45) is 5.92 Å². The first-order valence-electron chi connectivity index (χ1n) is 9.69. The summed E-state index contributed by atoms with van der Waals surface area (Å²) in [4.78, 5) is 27.0. The zero-order valence-corrected chi connectivity index (χ0v) is 18.2. The molecule has 1 fully saturated rings. The SMILES string of the molecule is Cc1noc(C)c1S(=O)(=O)N1CCN(C(=O)[C@@H](NC(=O)c2ccco2)C(C)C)CC1. The van der Waals surface area contributed by atoms with Crippen LogP contribution in [0.15, 0.2) is 32.2 Å². The summed E-state index contributed by atoms with van der Waals surface area (Å²) in [5, 5.41) is 6.44. The number of amides is 2. The molecule has 0 spiro atoms. The molecule has 1 saturated heterocycles. The lowest BCUT2D eigenvalue weighted by atomic mass is 10.0. The van der Waals surface area contributed by atoms with E-state index < -0.39 is 22.0 Å². The predicted molar refractivity (Wildman–Crippen MR) is 106 cm³/mol. The third kappa shape index (κ3) is 4.26. The molecular weight excluding hydrogens is 412 g/mol. The van der Waals surface area contributed by atoms with E-state index in [9.17, 15) is 18.0 Å². The van der Waals surface area contributed by atoms with Crippen LogP contribution in [0.25, 0.3) is 0 Å². The van der Waals surface area contributed by atoms with Crippen LogP contribution in [0.2, 0.25) is 0 Å². The van der Waals surface area contributed by atoms with Gasteiger partial charge < -0.3 is 19.2 Å². The maximum Gasteiger partial charge on any atom is 0.287 e. The Balaban J connectivity index is 1.67. The molecule has 0 unspecified atom stereocenters. The summed E-state index contributed by atoms with van der Waals surface area (Å²) >= 11 is 0. The number of furan rings is 1. The number of sulfonamides is 1. The Morgan fingerprint density at radius 3 is 2.33 bits per heavy atom. The Hall–Kier alpha value is -2.66. The zero-order chi connectivity index (χ0) is 22.1. The average molecular weight is 439 g/mol. The molecule has 2 amide bonds. The van der Waals surface area contributed by atoms with Gasteiger partial charge in [-0.1, -0.05) is 19.0 Å².